The van der Waals surface area contributed by atoms with Crippen molar-refractivity contribution < 1.29 is 9.53 Å². The number of esters is 1. The van der Waals surface area contributed by atoms with Crippen LogP contribution in [-0.2, 0) is 17.6 Å². The molecule has 17 heavy (non-hydrogen) atoms. The van der Waals surface area contributed by atoms with Crippen LogP contribution in [0, 0.1) is 0 Å². The minimum Gasteiger partial charge on any atom is -0.465 e. The van der Waals surface area contributed by atoms with Crippen LogP contribution in [0.1, 0.15) is 40.1 Å². The number of carbonyl (C=O) groups excluding carboxylic acids is 1. The summed E-state index contributed by atoms with van der Waals surface area (Å²) in [4.78, 5) is 17.1. The van der Waals surface area contributed by atoms with Crippen LogP contribution in [0.15, 0.2) is 4.99 Å². The molecule has 0 aliphatic heterocycles. The van der Waals surface area contributed by atoms with Gasteiger partial charge in [-0.1, -0.05) is 6.42 Å². The second-order valence-corrected chi connectivity index (χ2v) is 5.21. The highest BCUT2D eigenvalue weighted by Crippen LogP contribution is 2.39. The summed E-state index contributed by atoms with van der Waals surface area (Å²) in [6.07, 6.45) is 5.47. The molecule has 1 aliphatic carbocycles. The lowest BCUT2D eigenvalue weighted by Gasteiger charge is -2.02. The first-order chi connectivity index (χ1) is 8.27. The van der Waals surface area contributed by atoms with Crippen LogP contribution in [0.5, 0.6) is 0 Å². The van der Waals surface area contributed by atoms with E-state index < -0.39 is 0 Å². The van der Waals surface area contributed by atoms with Crippen molar-refractivity contribution in [2.75, 3.05) is 7.11 Å². The fourth-order valence-corrected chi connectivity index (χ4v) is 3.52. The molecule has 3 nitrogen and oxygen atoms in total. The molecule has 0 unspecified atom stereocenters. The zero-order chi connectivity index (χ0) is 12.3. The molecule has 0 spiro atoms. The molecule has 0 radical (unpaired) electrons. The van der Waals surface area contributed by atoms with Crippen molar-refractivity contribution in [1.82, 2.24) is 0 Å². The Labute approximate surface area is 110 Å². The van der Waals surface area contributed by atoms with Gasteiger partial charge in [-0.3, -0.25) is 0 Å². The van der Waals surface area contributed by atoms with Gasteiger partial charge in [0.2, 0.25) is 0 Å². The molecule has 90 valence electrons. The van der Waals surface area contributed by atoms with Crippen LogP contribution in [0.4, 0.5) is 5.00 Å². The molecule has 0 bridgehead atoms. The largest absolute Gasteiger partial charge is 0.465 e. The maximum atomic E-state index is 11.8. The van der Waals surface area contributed by atoms with Gasteiger partial charge in [0.1, 0.15) is 10.6 Å². The number of aryl methyl sites for hydroxylation is 1. The number of hydrogen-bond acceptors (Lipinski definition) is 5. The Morgan fingerprint density at radius 3 is 2.88 bits per heavy atom. The Balaban J connectivity index is 2.54. The fourth-order valence-electron chi connectivity index (χ4n) is 2.16. The number of aliphatic imine (C=N–C) groups is 1. The minimum absolute atomic E-state index is 0.312. The number of ether oxygens (including phenoxy) is 1. The Kier molecular flexibility index (Phi) is 4.05. The van der Waals surface area contributed by atoms with Gasteiger partial charge in [0.15, 0.2) is 0 Å². The van der Waals surface area contributed by atoms with Crippen molar-refractivity contribution in [2.45, 2.75) is 32.1 Å². The lowest BCUT2D eigenvalue weighted by atomic mass is 10.1. The molecule has 2 rings (SSSR count). The van der Waals surface area contributed by atoms with E-state index in [0.717, 1.165) is 24.8 Å². The normalized spacial score (nSPS) is 14.4. The summed E-state index contributed by atoms with van der Waals surface area (Å²) in [5.41, 5.74) is 1.72. The minimum atomic E-state index is -0.312. The van der Waals surface area contributed by atoms with Crippen molar-refractivity contribution in [2.24, 2.45) is 4.99 Å². The molecule has 0 aromatic carbocycles. The van der Waals surface area contributed by atoms with E-state index in [1.807, 2.05) is 0 Å². The Hall–Kier alpha value is -1.03. The van der Waals surface area contributed by atoms with E-state index in [-0.39, 0.29) is 5.97 Å². The summed E-state index contributed by atoms with van der Waals surface area (Å²) in [6.45, 7) is 0. The number of thiocarbonyl (C=S) groups is 1. The Morgan fingerprint density at radius 1 is 1.41 bits per heavy atom. The number of fused-ring (bicyclic) bond motifs is 1. The molecule has 1 heterocycles. The van der Waals surface area contributed by atoms with Gasteiger partial charge in [-0.2, -0.15) is 4.99 Å². The highest BCUT2D eigenvalue weighted by Gasteiger charge is 2.24. The van der Waals surface area contributed by atoms with Crippen molar-refractivity contribution in [3.63, 3.8) is 0 Å². The molecular formula is C12H13NO2S2. The summed E-state index contributed by atoms with van der Waals surface area (Å²) < 4.78 is 4.83. The molecule has 1 aromatic heterocycles. The molecule has 0 fully saturated rings. The third-order valence-electron chi connectivity index (χ3n) is 2.94. The summed E-state index contributed by atoms with van der Waals surface area (Å²) >= 11 is 6.17. The molecule has 0 atom stereocenters. The number of nitrogens with zero attached hydrogens (tertiary/aromatic N) is 1. The van der Waals surface area contributed by atoms with E-state index in [4.69, 9.17) is 4.74 Å². The second kappa shape index (κ2) is 5.54. The standard InChI is InChI=1S/C12H13NO2S2/c1-15-12(14)10-8-5-3-2-4-6-9(8)17-11(10)13-7-16/h2-6H2,1H3. The van der Waals surface area contributed by atoms with Crippen LogP contribution in [0.3, 0.4) is 0 Å². The Bertz CT molecular complexity index is 487. The lowest BCUT2D eigenvalue weighted by Crippen LogP contribution is -2.04. The molecule has 0 amide bonds. The zero-order valence-electron chi connectivity index (χ0n) is 9.62. The van der Waals surface area contributed by atoms with Gasteiger partial charge in [0.05, 0.1) is 12.3 Å². The first kappa shape index (κ1) is 12.4. The van der Waals surface area contributed by atoms with Gasteiger partial charge >= 0.3 is 5.97 Å². The average Bonchev–Trinajstić information content (AvgIpc) is 2.52. The first-order valence-corrected chi connectivity index (χ1v) is 6.81. The highest BCUT2D eigenvalue weighted by molar-refractivity contribution is 7.78. The van der Waals surface area contributed by atoms with Crippen LogP contribution in [0.25, 0.3) is 0 Å². The van der Waals surface area contributed by atoms with Crippen LogP contribution in [0.2, 0.25) is 0 Å². The topological polar surface area (TPSA) is 38.7 Å². The molecule has 0 saturated carbocycles. The van der Waals surface area contributed by atoms with Gasteiger partial charge in [0, 0.05) is 4.88 Å². The Morgan fingerprint density at radius 2 is 2.18 bits per heavy atom. The van der Waals surface area contributed by atoms with Gasteiger partial charge < -0.3 is 4.74 Å². The number of thiophene rings is 1. The third-order valence-corrected chi connectivity index (χ3v) is 4.22. The van der Waals surface area contributed by atoms with Crippen LogP contribution < -0.4 is 0 Å². The second-order valence-electron chi connectivity index (χ2n) is 3.94. The number of rotatable bonds is 2. The zero-order valence-corrected chi connectivity index (χ0v) is 11.2. The summed E-state index contributed by atoms with van der Waals surface area (Å²) in [6, 6.07) is 0. The van der Waals surface area contributed by atoms with E-state index in [2.05, 4.69) is 22.4 Å². The number of carbonyl (C=O) groups is 1. The number of methoxy groups -OCH3 is 1. The van der Waals surface area contributed by atoms with Crippen molar-refractivity contribution in [3.8, 4) is 0 Å². The highest BCUT2D eigenvalue weighted by atomic mass is 32.1. The van der Waals surface area contributed by atoms with Crippen molar-refractivity contribution in [3.05, 3.63) is 16.0 Å². The van der Waals surface area contributed by atoms with Crippen LogP contribution >= 0.6 is 23.6 Å². The quantitative estimate of drug-likeness (QED) is 0.356. The molecule has 0 N–H and O–H groups in total. The van der Waals surface area contributed by atoms with E-state index in [1.165, 1.54) is 24.8 Å². The van der Waals surface area contributed by atoms with E-state index in [1.54, 1.807) is 11.3 Å². The predicted octanol–water partition coefficient (Wildman–Crippen LogP) is 3.54. The van der Waals surface area contributed by atoms with Gasteiger partial charge in [-0.05, 0) is 43.5 Å². The number of isothiocyanates is 1. The maximum absolute atomic E-state index is 11.8. The summed E-state index contributed by atoms with van der Waals surface area (Å²) in [5, 5.41) is 2.99. The average molecular weight is 267 g/mol. The maximum Gasteiger partial charge on any atom is 0.341 e. The van der Waals surface area contributed by atoms with Crippen LogP contribution in [-0.4, -0.2) is 18.2 Å². The SMILES string of the molecule is COC(=O)c1c(N=C=S)sc2c1CCCCC2. The molecule has 1 aliphatic rings. The van der Waals surface area contributed by atoms with Gasteiger partial charge in [-0.15, -0.1) is 11.3 Å². The molecular weight excluding hydrogens is 254 g/mol. The molecule has 5 heteroatoms. The molecule has 0 saturated heterocycles. The van der Waals surface area contributed by atoms with Gasteiger partial charge in [0.25, 0.3) is 0 Å². The predicted molar refractivity (Wildman–Crippen MR) is 71.6 cm³/mol. The van der Waals surface area contributed by atoms with E-state index in [0.29, 0.717) is 10.6 Å². The smallest absolute Gasteiger partial charge is 0.341 e. The fraction of sp³-hybridized carbons (Fsp3) is 0.500. The number of hydrogen-bond donors (Lipinski definition) is 0. The summed E-state index contributed by atoms with van der Waals surface area (Å²) in [5.74, 6) is -0.312. The third kappa shape index (κ3) is 2.46. The van der Waals surface area contributed by atoms with Crippen molar-refractivity contribution in [1.29, 1.82) is 0 Å². The van der Waals surface area contributed by atoms with E-state index in [9.17, 15) is 4.79 Å². The lowest BCUT2D eigenvalue weighted by molar-refractivity contribution is 0.0601. The summed E-state index contributed by atoms with van der Waals surface area (Å²) in [7, 11) is 1.40. The van der Waals surface area contributed by atoms with Gasteiger partial charge in [-0.25, -0.2) is 4.79 Å². The monoisotopic (exact) mass is 267 g/mol. The van der Waals surface area contributed by atoms with Crippen molar-refractivity contribution >= 4 is 39.7 Å². The van der Waals surface area contributed by atoms with E-state index >= 15 is 0 Å². The first-order valence-electron chi connectivity index (χ1n) is 5.58. The molecule has 1 aromatic rings.